The first-order valence-electron chi connectivity index (χ1n) is 8.52. The summed E-state index contributed by atoms with van der Waals surface area (Å²) in [6.07, 6.45) is 5.56. The van der Waals surface area contributed by atoms with Gasteiger partial charge in [0.05, 0.1) is 18.8 Å². The first-order valence-corrected chi connectivity index (χ1v) is 8.52. The molecule has 1 saturated heterocycles. The van der Waals surface area contributed by atoms with Crippen LogP contribution in [0.25, 0.3) is 0 Å². The number of hydrogen-bond acceptors (Lipinski definition) is 7. The molecule has 0 radical (unpaired) electrons. The molecular weight excluding hydrogens is 314 g/mol. The van der Waals surface area contributed by atoms with E-state index in [0.717, 1.165) is 25.7 Å². The molecule has 0 aliphatic carbocycles. The van der Waals surface area contributed by atoms with E-state index in [2.05, 4.69) is 6.92 Å². The summed E-state index contributed by atoms with van der Waals surface area (Å²) in [5, 5.41) is 29.0. The minimum absolute atomic E-state index is 0.382. The van der Waals surface area contributed by atoms with Crippen LogP contribution in [0.5, 0.6) is 0 Å². The van der Waals surface area contributed by atoms with E-state index in [0.29, 0.717) is 18.6 Å². The van der Waals surface area contributed by atoms with Gasteiger partial charge in [-0.1, -0.05) is 32.3 Å². The van der Waals surface area contributed by atoms with Crippen LogP contribution in [0.3, 0.4) is 0 Å². The molecule has 7 nitrogen and oxygen atoms in total. The van der Waals surface area contributed by atoms with Crippen molar-refractivity contribution in [2.75, 3.05) is 13.2 Å². The highest BCUT2D eigenvalue weighted by Crippen LogP contribution is 2.27. The van der Waals surface area contributed by atoms with Gasteiger partial charge in [-0.3, -0.25) is 0 Å². The second-order valence-corrected chi connectivity index (χ2v) is 6.12. The van der Waals surface area contributed by atoms with E-state index in [-0.39, 0.29) is 12.6 Å². The molecule has 0 aromatic heterocycles. The highest BCUT2D eigenvalue weighted by Gasteiger charge is 2.44. The van der Waals surface area contributed by atoms with Gasteiger partial charge < -0.3 is 29.7 Å². The van der Waals surface area contributed by atoms with E-state index in [1.165, 1.54) is 4.90 Å². The fourth-order valence-electron chi connectivity index (χ4n) is 2.78. The molecule has 0 spiro atoms. The van der Waals surface area contributed by atoms with E-state index >= 15 is 0 Å². The maximum atomic E-state index is 12.1. The number of nitrogens with zero attached hydrogens (tertiary/aromatic N) is 1. The largest absolute Gasteiger partial charge is 0.462 e. The molecule has 2 aliphatic heterocycles. The Labute approximate surface area is 142 Å². The number of carbonyl (C=O) groups is 1. The quantitative estimate of drug-likeness (QED) is 0.440. The molecule has 3 N–H and O–H groups in total. The standard InChI is InChI=1S/C17H27NO6/c1-2-3-4-5-9-23-17(22)12-7-6-8-18(10-12)16-15(21)14(20)13(11-19)24-16/h6,8,10,13-16,19-21H,2-5,7,9,11H2,1H3/t13?,14-,15?,16-/m1/s1. The molecule has 0 aromatic rings. The van der Waals surface area contributed by atoms with Gasteiger partial charge in [-0.15, -0.1) is 0 Å². The molecule has 24 heavy (non-hydrogen) atoms. The van der Waals surface area contributed by atoms with Crippen molar-refractivity contribution in [1.29, 1.82) is 0 Å². The van der Waals surface area contributed by atoms with Crippen molar-refractivity contribution in [3.8, 4) is 0 Å². The Morgan fingerprint density at radius 1 is 1.33 bits per heavy atom. The average Bonchev–Trinajstić information content (AvgIpc) is 2.89. The van der Waals surface area contributed by atoms with E-state index in [9.17, 15) is 15.0 Å². The van der Waals surface area contributed by atoms with Gasteiger partial charge in [-0.25, -0.2) is 4.79 Å². The summed E-state index contributed by atoms with van der Waals surface area (Å²) in [6, 6.07) is 0. The van der Waals surface area contributed by atoms with Gasteiger partial charge in [-0.05, 0) is 6.42 Å². The zero-order chi connectivity index (χ0) is 17.5. The topological polar surface area (TPSA) is 99.5 Å². The normalized spacial score (nSPS) is 29.7. The Kier molecular flexibility index (Phi) is 7.23. The number of aliphatic hydroxyl groups excluding tert-OH is 3. The van der Waals surface area contributed by atoms with Crippen molar-refractivity contribution in [2.45, 2.75) is 63.6 Å². The summed E-state index contributed by atoms with van der Waals surface area (Å²) in [6.45, 7) is 2.13. The first kappa shape index (κ1) is 18.9. The van der Waals surface area contributed by atoms with Gasteiger partial charge in [0, 0.05) is 18.8 Å². The molecule has 2 heterocycles. The minimum atomic E-state index is -1.17. The van der Waals surface area contributed by atoms with Crippen LogP contribution in [0.4, 0.5) is 0 Å². The van der Waals surface area contributed by atoms with Crippen LogP contribution in [-0.4, -0.2) is 63.9 Å². The number of esters is 1. The molecule has 0 bridgehead atoms. The monoisotopic (exact) mass is 341 g/mol. The van der Waals surface area contributed by atoms with Gasteiger partial charge in [-0.2, -0.15) is 0 Å². The van der Waals surface area contributed by atoms with Crippen LogP contribution in [0.2, 0.25) is 0 Å². The minimum Gasteiger partial charge on any atom is -0.462 e. The highest BCUT2D eigenvalue weighted by molar-refractivity contribution is 5.88. The van der Waals surface area contributed by atoms with Crippen molar-refractivity contribution in [1.82, 2.24) is 4.90 Å². The molecule has 1 fully saturated rings. The van der Waals surface area contributed by atoms with E-state index < -0.39 is 24.5 Å². The Morgan fingerprint density at radius 3 is 2.79 bits per heavy atom. The van der Waals surface area contributed by atoms with Crippen LogP contribution in [-0.2, 0) is 14.3 Å². The second kappa shape index (κ2) is 9.17. The third-order valence-electron chi connectivity index (χ3n) is 4.22. The number of rotatable bonds is 8. The predicted octanol–water partition coefficient (Wildman–Crippen LogP) is 0.652. The van der Waals surface area contributed by atoms with E-state index in [1.54, 1.807) is 18.5 Å². The van der Waals surface area contributed by atoms with Gasteiger partial charge >= 0.3 is 5.97 Å². The molecule has 7 heteroatoms. The Hall–Kier alpha value is -1.41. The Bertz CT molecular complexity index is 478. The van der Waals surface area contributed by atoms with E-state index in [1.807, 2.05) is 0 Å². The van der Waals surface area contributed by atoms with Crippen molar-refractivity contribution < 1.29 is 29.6 Å². The molecule has 0 aromatic carbocycles. The molecule has 0 saturated carbocycles. The van der Waals surface area contributed by atoms with Crippen molar-refractivity contribution in [3.05, 3.63) is 24.0 Å². The molecule has 4 atom stereocenters. The molecule has 2 rings (SSSR count). The van der Waals surface area contributed by atoms with Crippen molar-refractivity contribution in [3.63, 3.8) is 0 Å². The third-order valence-corrected chi connectivity index (χ3v) is 4.22. The maximum Gasteiger partial charge on any atom is 0.335 e. The summed E-state index contributed by atoms with van der Waals surface area (Å²) in [5.74, 6) is -0.382. The molecular formula is C17H27NO6. The molecule has 2 unspecified atom stereocenters. The fourth-order valence-corrected chi connectivity index (χ4v) is 2.78. The summed E-state index contributed by atoms with van der Waals surface area (Å²) < 4.78 is 10.7. The lowest BCUT2D eigenvalue weighted by atomic mass is 10.1. The number of ether oxygens (including phenoxy) is 2. The zero-order valence-corrected chi connectivity index (χ0v) is 14.0. The first-order chi connectivity index (χ1) is 11.6. The molecule has 136 valence electrons. The smallest absolute Gasteiger partial charge is 0.335 e. The summed E-state index contributed by atoms with van der Waals surface area (Å²) >= 11 is 0. The number of unbranched alkanes of at least 4 members (excludes halogenated alkanes) is 3. The SMILES string of the molecule is CCCCCCOC(=O)C1=CN([C@@H]2OC(CO)[C@@H](O)C2O)C=CC1. The summed E-state index contributed by atoms with van der Waals surface area (Å²) in [4.78, 5) is 13.6. The van der Waals surface area contributed by atoms with Crippen molar-refractivity contribution >= 4 is 5.97 Å². The fraction of sp³-hybridized carbons (Fsp3) is 0.706. The second-order valence-electron chi connectivity index (χ2n) is 6.12. The van der Waals surface area contributed by atoms with Crippen LogP contribution in [0, 0.1) is 0 Å². The van der Waals surface area contributed by atoms with Crippen LogP contribution >= 0.6 is 0 Å². The molecule has 0 amide bonds. The lowest BCUT2D eigenvalue weighted by molar-refractivity contribution is -0.139. The number of aliphatic hydroxyl groups is 3. The third kappa shape index (κ3) is 4.57. The Morgan fingerprint density at radius 2 is 2.12 bits per heavy atom. The lowest BCUT2D eigenvalue weighted by Crippen LogP contribution is -2.40. The summed E-state index contributed by atoms with van der Waals surface area (Å²) in [7, 11) is 0. The lowest BCUT2D eigenvalue weighted by Gasteiger charge is -2.28. The van der Waals surface area contributed by atoms with Gasteiger partial charge in [0.15, 0.2) is 6.23 Å². The number of carbonyl (C=O) groups excluding carboxylic acids is 1. The van der Waals surface area contributed by atoms with Crippen LogP contribution in [0.15, 0.2) is 24.0 Å². The van der Waals surface area contributed by atoms with Crippen LogP contribution < -0.4 is 0 Å². The summed E-state index contributed by atoms with van der Waals surface area (Å²) in [5.41, 5.74) is 0.464. The van der Waals surface area contributed by atoms with Gasteiger partial charge in [0.25, 0.3) is 0 Å². The predicted molar refractivity (Wildman–Crippen MR) is 86.5 cm³/mol. The van der Waals surface area contributed by atoms with E-state index in [4.69, 9.17) is 14.6 Å². The van der Waals surface area contributed by atoms with Crippen LogP contribution in [0.1, 0.15) is 39.0 Å². The zero-order valence-electron chi connectivity index (χ0n) is 14.0. The average molecular weight is 341 g/mol. The van der Waals surface area contributed by atoms with Gasteiger partial charge in [0.2, 0.25) is 0 Å². The van der Waals surface area contributed by atoms with Gasteiger partial charge in [0.1, 0.15) is 18.3 Å². The number of hydrogen-bond donors (Lipinski definition) is 3. The maximum absolute atomic E-state index is 12.1. The number of allylic oxidation sites excluding steroid dienone is 1. The highest BCUT2D eigenvalue weighted by atomic mass is 16.6. The molecule has 2 aliphatic rings. The van der Waals surface area contributed by atoms with Crippen molar-refractivity contribution in [2.24, 2.45) is 0 Å². The Balaban J connectivity index is 1.90.